The van der Waals surface area contributed by atoms with Crippen LogP contribution in [-0.4, -0.2) is 44.2 Å². The van der Waals surface area contributed by atoms with E-state index in [0.717, 1.165) is 55.7 Å². The molecule has 0 saturated heterocycles. The first-order valence-electron chi connectivity index (χ1n) is 12.1. The number of ether oxygens (including phenoxy) is 1. The predicted octanol–water partition coefficient (Wildman–Crippen LogP) is 3.65. The van der Waals surface area contributed by atoms with Gasteiger partial charge in [0.05, 0.1) is 6.54 Å². The van der Waals surface area contributed by atoms with Gasteiger partial charge in [-0.25, -0.2) is 0 Å². The Hall–Kier alpha value is -2.47. The second kappa shape index (κ2) is 14.6. The maximum atomic E-state index is 12.8. The van der Waals surface area contributed by atoms with E-state index in [-0.39, 0.29) is 18.0 Å². The number of fused-ring (bicyclic) bond motifs is 1. The van der Waals surface area contributed by atoms with Crippen LogP contribution in [0.25, 0.3) is 0 Å². The number of unbranched alkanes of at least 4 members (excludes halogenated alkanes) is 2. The lowest BCUT2D eigenvalue weighted by molar-refractivity contribution is -0.123. The van der Waals surface area contributed by atoms with Crippen LogP contribution in [0.3, 0.4) is 0 Å². The minimum Gasteiger partial charge on any atom is -0.492 e. The van der Waals surface area contributed by atoms with E-state index in [1.807, 2.05) is 25.1 Å². The molecular formula is C26H42N4O2. The number of hydrogen-bond donors (Lipinski definition) is 4. The van der Waals surface area contributed by atoms with Crippen molar-refractivity contribution in [3.8, 4) is 5.75 Å². The molecule has 1 aromatic rings. The molecule has 178 valence electrons. The zero-order valence-electron chi connectivity index (χ0n) is 20.1. The van der Waals surface area contributed by atoms with E-state index in [0.29, 0.717) is 26.2 Å². The molecule has 1 unspecified atom stereocenters. The summed E-state index contributed by atoms with van der Waals surface area (Å²) in [6.45, 7) is 13.0. The molecule has 0 spiro atoms. The number of hydrogen-bond acceptors (Lipinski definition) is 5. The Balaban J connectivity index is 2.11. The van der Waals surface area contributed by atoms with E-state index in [2.05, 4.69) is 53.8 Å². The standard InChI is InChI=1S/C26H42N4O2/c1-5-7-8-14-23-18-29-20(3)17-28-21(4)19-32-25-15-10-9-12-22(25)13-11-16-27-26(31)24(6-2)30-23/h9-10,12,14-15,21,24,28-30H,3,5-8,11,13,16-19H2,1-2,4H3,(H,27,31)/b23-14+/t21-,24?/m0/s1. The van der Waals surface area contributed by atoms with E-state index < -0.39 is 0 Å². The third-order valence-electron chi connectivity index (χ3n) is 5.61. The first-order chi connectivity index (χ1) is 15.5. The van der Waals surface area contributed by atoms with E-state index in [4.69, 9.17) is 4.74 Å². The van der Waals surface area contributed by atoms with Crippen molar-refractivity contribution in [3.63, 3.8) is 0 Å². The average Bonchev–Trinajstić information content (AvgIpc) is 2.80. The molecule has 1 aliphatic heterocycles. The van der Waals surface area contributed by atoms with Crippen LogP contribution in [0.4, 0.5) is 0 Å². The van der Waals surface area contributed by atoms with Crippen molar-refractivity contribution >= 4 is 5.91 Å². The van der Waals surface area contributed by atoms with Crippen LogP contribution in [0.5, 0.6) is 5.75 Å². The molecule has 0 aromatic heterocycles. The van der Waals surface area contributed by atoms with Crippen LogP contribution in [0.1, 0.15) is 58.4 Å². The van der Waals surface area contributed by atoms with Crippen molar-refractivity contribution in [2.75, 3.05) is 26.2 Å². The molecule has 0 aliphatic carbocycles. The fourth-order valence-electron chi connectivity index (χ4n) is 3.56. The number of allylic oxidation sites excluding steroid dienone is 1. The summed E-state index contributed by atoms with van der Waals surface area (Å²) < 4.78 is 6.09. The van der Waals surface area contributed by atoms with Crippen molar-refractivity contribution in [2.45, 2.75) is 71.4 Å². The minimum atomic E-state index is -0.245. The maximum absolute atomic E-state index is 12.8. The molecule has 0 fully saturated rings. The van der Waals surface area contributed by atoms with E-state index in [9.17, 15) is 4.79 Å². The Labute approximate surface area is 194 Å². The highest BCUT2D eigenvalue weighted by Crippen LogP contribution is 2.19. The highest BCUT2D eigenvalue weighted by molar-refractivity contribution is 5.81. The molecule has 6 heteroatoms. The molecule has 1 amide bonds. The minimum absolute atomic E-state index is 0.0499. The van der Waals surface area contributed by atoms with Gasteiger partial charge in [-0.05, 0) is 44.2 Å². The third-order valence-corrected chi connectivity index (χ3v) is 5.61. The van der Waals surface area contributed by atoms with Crippen molar-refractivity contribution in [3.05, 3.63) is 53.9 Å². The third kappa shape index (κ3) is 9.35. The maximum Gasteiger partial charge on any atom is 0.242 e. The quantitative estimate of drug-likeness (QED) is 0.536. The molecule has 1 aliphatic rings. The van der Waals surface area contributed by atoms with Gasteiger partial charge in [0.2, 0.25) is 5.91 Å². The number of amides is 1. The van der Waals surface area contributed by atoms with Gasteiger partial charge in [-0.15, -0.1) is 0 Å². The molecule has 32 heavy (non-hydrogen) atoms. The lowest BCUT2D eigenvalue weighted by Crippen LogP contribution is -2.45. The van der Waals surface area contributed by atoms with Gasteiger partial charge in [-0.1, -0.05) is 57.5 Å². The lowest BCUT2D eigenvalue weighted by atomic mass is 10.1. The number of nitrogens with one attached hydrogen (secondary N) is 4. The fourth-order valence-corrected chi connectivity index (χ4v) is 3.56. The smallest absolute Gasteiger partial charge is 0.242 e. The summed E-state index contributed by atoms with van der Waals surface area (Å²) in [5, 5.41) is 13.4. The Bertz CT molecular complexity index is 747. The van der Waals surface area contributed by atoms with Crippen LogP contribution >= 0.6 is 0 Å². The van der Waals surface area contributed by atoms with Gasteiger partial charge >= 0.3 is 0 Å². The van der Waals surface area contributed by atoms with E-state index in [1.54, 1.807) is 0 Å². The van der Waals surface area contributed by atoms with Gasteiger partial charge in [-0.3, -0.25) is 4.79 Å². The van der Waals surface area contributed by atoms with Crippen molar-refractivity contribution in [1.29, 1.82) is 0 Å². The van der Waals surface area contributed by atoms with Gasteiger partial charge < -0.3 is 26.0 Å². The summed E-state index contributed by atoms with van der Waals surface area (Å²) >= 11 is 0. The average molecular weight is 443 g/mol. The fraction of sp³-hybridized carbons (Fsp3) is 0.577. The summed E-state index contributed by atoms with van der Waals surface area (Å²) in [4.78, 5) is 12.8. The number of carbonyl (C=O) groups is 1. The molecule has 2 atom stereocenters. The highest BCUT2D eigenvalue weighted by atomic mass is 16.5. The second-order valence-corrected chi connectivity index (χ2v) is 8.53. The largest absolute Gasteiger partial charge is 0.492 e. The zero-order valence-corrected chi connectivity index (χ0v) is 20.1. The predicted molar refractivity (Wildman–Crippen MR) is 133 cm³/mol. The second-order valence-electron chi connectivity index (χ2n) is 8.53. The lowest BCUT2D eigenvalue weighted by Gasteiger charge is -2.23. The normalized spacial score (nSPS) is 23.0. The van der Waals surface area contributed by atoms with E-state index >= 15 is 0 Å². The number of rotatable bonds is 4. The molecule has 0 saturated carbocycles. The molecule has 4 N–H and O–H groups in total. The molecule has 0 radical (unpaired) electrons. The molecule has 1 aromatic carbocycles. The summed E-state index contributed by atoms with van der Waals surface area (Å²) in [5.41, 5.74) is 3.14. The van der Waals surface area contributed by atoms with Crippen LogP contribution in [-0.2, 0) is 11.2 Å². The summed E-state index contributed by atoms with van der Waals surface area (Å²) in [6.07, 6.45) is 7.95. The van der Waals surface area contributed by atoms with Crippen molar-refractivity contribution < 1.29 is 9.53 Å². The molecule has 2 rings (SSSR count). The SMILES string of the molecule is C=C1CN[C@@H](C)COc2ccccc2CCCNC(=O)C(CC)N/C(=C/CCCC)CN1. The summed E-state index contributed by atoms with van der Waals surface area (Å²) in [7, 11) is 0. The van der Waals surface area contributed by atoms with Gasteiger partial charge in [0.25, 0.3) is 0 Å². The molecule has 6 nitrogen and oxygen atoms in total. The first kappa shape index (κ1) is 25.8. The monoisotopic (exact) mass is 442 g/mol. The van der Waals surface area contributed by atoms with E-state index in [1.165, 1.54) is 5.56 Å². The number of benzene rings is 1. The van der Waals surface area contributed by atoms with Gasteiger partial charge in [0.1, 0.15) is 18.4 Å². The Kier molecular flexibility index (Phi) is 11.7. The molecular weight excluding hydrogens is 400 g/mol. The molecule has 1 heterocycles. The Morgan fingerprint density at radius 3 is 2.78 bits per heavy atom. The number of carbonyl (C=O) groups excluding carboxylic acids is 1. The Morgan fingerprint density at radius 2 is 2.00 bits per heavy atom. The number of para-hydroxylation sites is 1. The van der Waals surface area contributed by atoms with Gasteiger partial charge in [0, 0.05) is 30.5 Å². The van der Waals surface area contributed by atoms with Crippen LogP contribution in [0.2, 0.25) is 0 Å². The van der Waals surface area contributed by atoms with Crippen LogP contribution in [0, 0.1) is 0 Å². The van der Waals surface area contributed by atoms with Crippen LogP contribution < -0.4 is 26.0 Å². The summed E-state index contributed by atoms with van der Waals surface area (Å²) in [6, 6.07) is 8.10. The van der Waals surface area contributed by atoms with Gasteiger partial charge in [0.15, 0.2) is 0 Å². The van der Waals surface area contributed by atoms with Crippen LogP contribution in [0.15, 0.2) is 48.3 Å². The van der Waals surface area contributed by atoms with Crippen molar-refractivity contribution in [1.82, 2.24) is 21.3 Å². The topological polar surface area (TPSA) is 74.4 Å². The highest BCUT2D eigenvalue weighted by Gasteiger charge is 2.17. The van der Waals surface area contributed by atoms with Crippen molar-refractivity contribution in [2.24, 2.45) is 0 Å². The number of aryl methyl sites for hydroxylation is 1. The molecule has 0 bridgehead atoms. The van der Waals surface area contributed by atoms with Gasteiger partial charge in [-0.2, -0.15) is 0 Å². The summed E-state index contributed by atoms with van der Waals surface area (Å²) in [5.74, 6) is 0.967. The first-order valence-corrected chi connectivity index (χ1v) is 12.1. The Morgan fingerprint density at radius 1 is 1.19 bits per heavy atom. The zero-order chi connectivity index (χ0) is 23.2.